The zero-order valence-corrected chi connectivity index (χ0v) is 10.4. The number of halogens is 2. The summed E-state index contributed by atoms with van der Waals surface area (Å²) in [5.74, 6) is 1.28. The van der Waals surface area contributed by atoms with Gasteiger partial charge in [0, 0.05) is 10.4 Å². The first kappa shape index (κ1) is 11.6. The highest BCUT2D eigenvalue weighted by atomic mass is 79.9. The second-order valence-corrected chi connectivity index (χ2v) is 4.20. The number of ether oxygens (including phenoxy) is 1. The molecule has 0 heterocycles. The minimum atomic E-state index is 0.440. The van der Waals surface area contributed by atoms with E-state index in [1.165, 1.54) is 0 Å². The van der Waals surface area contributed by atoms with Crippen LogP contribution in [0, 0.1) is 6.92 Å². The van der Waals surface area contributed by atoms with Crippen LogP contribution in [0.1, 0.15) is 5.56 Å². The molecule has 14 heavy (non-hydrogen) atoms. The van der Waals surface area contributed by atoms with E-state index in [0.717, 1.165) is 21.4 Å². The van der Waals surface area contributed by atoms with Crippen molar-refractivity contribution in [2.24, 2.45) is 0 Å². The maximum Gasteiger partial charge on any atom is 0.120 e. The maximum atomic E-state index is 5.59. The molecule has 3 heteroatoms. The minimum absolute atomic E-state index is 0.440. The van der Waals surface area contributed by atoms with Gasteiger partial charge >= 0.3 is 0 Å². The molecule has 0 N–H and O–H groups in total. The van der Waals surface area contributed by atoms with Crippen LogP contribution in [0.4, 0.5) is 0 Å². The van der Waals surface area contributed by atoms with Crippen molar-refractivity contribution in [1.29, 1.82) is 0 Å². The third-order valence-corrected chi connectivity index (χ3v) is 3.03. The van der Waals surface area contributed by atoms with Crippen molar-refractivity contribution in [2.75, 3.05) is 12.5 Å². The van der Waals surface area contributed by atoms with E-state index in [9.17, 15) is 0 Å². The molecule has 0 radical (unpaired) electrons. The summed E-state index contributed by atoms with van der Waals surface area (Å²) in [6, 6.07) is 5.86. The van der Waals surface area contributed by atoms with Gasteiger partial charge in [-0.05, 0) is 36.3 Å². The van der Waals surface area contributed by atoms with Crippen LogP contribution in [0.3, 0.4) is 0 Å². The van der Waals surface area contributed by atoms with E-state index in [1.54, 1.807) is 0 Å². The lowest BCUT2D eigenvalue weighted by molar-refractivity contribution is 0.353. The van der Waals surface area contributed by atoms with Gasteiger partial charge in [0.25, 0.3) is 0 Å². The first-order chi connectivity index (χ1) is 6.63. The number of hydrogen-bond donors (Lipinski definition) is 0. The minimum Gasteiger partial charge on any atom is -0.489 e. The SMILES string of the molecule is C=C(CCl)COc1ccc(Br)c(C)c1. The van der Waals surface area contributed by atoms with Gasteiger partial charge in [-0.1, -0.05) is 22.5 Å². The molecule has 0 unspecified atom stereocenters. The van der Waals surface area contributed by atoms with Gasteiger partial charge in [0.1, 0.15) is 12.4 Å². The third-order valence-electron chi connectivity index (χ3n) is 1.76. The van der Waals surface area contributed by atoms with Gasteiger partial charge in [-0.2, -0.15) is 0 Å². The lowest BCUT2D eigenvalue weighted by atomic mass is 10.2. The Morgan fingerprint density at radius 1 is 1.57 bits per heavy atom. The van der Waals surface area contributed by atoms with Crippen molar-refractivity contribution < 1.29 is 4.74 Å². The molecule has 0 saturated heterocycles. The van der Waals surface area contributed by atoms with Crippen molar-refractivity contribution >= 4 is 27.5 Å². The molecule has 0 atom stereocenters. The standard InChI is InChI=1S/C11H12BrClO/c1-8(6-13)7-14-10-3-4-11(12)9(2)5-10/h3-5H,1,6-7H2,2H3. The number of alkyl halides is 1. The highest BCUT2D eigenvalue weighted by Gasteiger charge is 1.99. The summed E-state index contributed by atoms with van der Waals surface area (Å²) in [5, 5.41) is 0. The van der Waals surface area contributed by atoms with Crippen LogP contribution in [-0.2, 0) is 0 Å². The van der Waals surface area contributed by atoms with Gasteiger partial charge in [-0.25, -0.2) is 0 Å². The van der Waals surface area contributed by atoms with E-state index >= 15 is 0 Å². The first-order valence-electron chi connectivity index (χ1n) is 4.25. The molecule has 0 bridgehead atoms. The van der Waals surface area contributed by atoms with Crippen LogP contribution in [0.2, 0.25) is 0 Å². The molecule has 0 saturated carbocycles. The topological polar surface area (TPSA) is 9.23 Å². The predicted octanol–water partition coefficient (Wildman–Crippen LogP) is 3.93. The Labute approximate surface area is 97.9 Å². The second-order valence-electron chi connectivity index (χ2n) is 3.08. The molecule has 1 nitrogen and oxygen atoms in total. The first-order valence-corrected chi connectivity index (χ1v) is 5.58. The number of rotatable bonds is 4. The molecule has 0 aromatic heterocycles. The molecule has 0 spiro atoms. The lowest BCUT2D eigenvalue weighted by Gasteiger charge is -2.07. The van der Waals surface area contributed by atoms with Gasteiger partial charge in [0.05, 0.1) is 0 Å². The molecule has 0 aliphatic carbocycles. The van der Waals surface area contributed by atoms with E-state index in [2.05, 4.69) is 22.5 Å². The van der Waals surface area contributed by atoms with Gasteiger partial charge < -0.3 is 4.74 Å². The van der Waals surface area contributed by atoms with Crippen LogP contribution in [-0.4, -0.2) is 12.5 Å². The van der Waals surface area contributed by atoms with Crippen LogP contribution in [0.25, 0.3) is 0 Å². The summed E-state index contributed by atoms with van der Waals surface area (Å²) < 4.78 is 6.57. The smallest absolute Gasteiger partial charge is 0.120 e. The van der Waals surface area contributed by atoms with Crippen LogP contribution >= 0.6 is 27.5 Å². The van der Waals surface area contributed by atoms with Crippen molar-refractivity contribution in [3.63, 3.8) is 0 Å². The van der Waals surface area contributed by atoms with Crippen LogP contribution in [0.5, 0.6) is 5.75 Å². The second kappa shape index (κ2) is 5.42. The van der Waals surface area contributed by atoms with Crippen molar-refractivity contribution in [3.05, 3.63) is 40.4 Å². The van der Waals surface area contributed by atoms with E-state index in [-0.39, 0.29) is 0 Å². The average Bonchev–Trinajstić information content (AvgIpc) is 2.19. The van der Waals surface area contributed by atoms with E-state index in [0.29, 0.717) is 12.5 Å². The van der Waals surface area contributed by atoms with E-state index in [1.807, 2.05) is 25.1 Å². The quantitative estimate of drug-likeness (QED) is 0.597. The van der Waals surface area contributed by atoms with Gasteiger partial charge in [0.2, 0.25) is 0 Å². The van der Waals surface area contributed by atoms with Gasteiger partial charge in [-0.3, -0.25) is 0 Å². The summed E-state index contributed by atoms with van der Waals surface area (Å²) in [5.41, 5.74) is 2.03. The molecule has 0 fully saturated rings. The molecule has 1 aromatic carbocycles. The Morgan fingerprint density at radius 2 is 2.29 bits per heavy atom. The Balaban J connectivity index is 2.60. The zero-order valence-electron chi connectivity index (χ0n) is 8.02. The number of benzene rings is 1. The molecular formula is C11H12BrClO. The highest BCUT2D eigenvalue weighted by Crippen LogP contribution is 2.21. The highest BCUT2D eigenvalue weighted by molar-refractivity contribution is 9.10. The lowest BCUT2D eigenvalue weighted by Crippen LogP contribution is -2.01. The molecule has 1 rings (SSSR count). The van der Waals surface area contributed by atoms with Crippen LogP contribution < -0.4 is 4.74 Å². The molecule has 1 aromatic rings. The van der Waals surface area contributed by atoms with Crippen molar-refractivity contribution in [1.82, 2.24) is 0 Å². The Bertz CT molecular complexity index is 336. The van der Waals surface area contributed by atoms with Crippen molar-refractivity contribution in [2.45, 2.75) is 6.92 Å². The number of hydrogen-bond acceptors (Lipinski definition) is 1. The molecular weight excluding hydrogens is 263 g/mol. The Morgan fingerprint density at radius 3 is 2.86 bits per heavy atom. The summed E-state index contributed by atoms with van der Waals surface area (Å²) in [7, 11) is 0. The normalized spacial score (nSPS) is 9.93. The summed E-state index contributed by atoms with van der Waals surface area (Å²) in [6.45, 7) is 6.26. The molecule has 0 aliphatic rings. The summed E-state index contributed by atoms with van der Waals surface area (Å²) in [4.78, 5) is 0. The van der Waals surface area contributed by atoms with E-state index < -0.39 is 0 Å². The Kier molecular flexibility index (Phi) is 4.49. The monoisotopic (exact) mass is 274 g/mol. The average molecular weight is 276 g/mol. The predicted molar refractivity (Wildman–Crippen MR) is 64.2 cm³/mol. The van der Waals surface area contributed by atoms with Gasteiger partial charge in [-0.15, -0.1) is 11.6 Å². The Hall–Kier alpha value is -0.470. The fraction of sp³-hybridized carbons (Fsp3) is 0.273. The third kappa shape index (κ3) is 3.35. The zero-order chi connectivity index (χ0) is 10.6. The maximum absolute atomic E-state index is 5.59. The van der Waals surface area contributed by atoms with E-state index in [4.69, 9.17) is 16.3 Å². The summed E-state index contributed by atoms with van der Waals surface area (Å²) in [6.07, 6.45) is 0. The fourth-order valence-electron chi connectivity index (χ4n) is 0.931. The fourth-order valence-corrected chi connectivity index (χ4v) is 1.25. The number of aryl methyl sites for hydroxylation is 1. The van der Waals surface area contributed by atoms with Gasteiger partial charge in [0.15, 0.2) is 0 Å². The molecule has 0 amide bonds. The summed E-state index contributed by atoms with van der Waals surface area (Å²) >= 11 is 9.02. The van der Waals surface area contributed by atoms with Crippen molar-refractivity contribution in [3.8, 4) is 5.75 Å². The molecule has 0 aliphatic heterocycles. The largest absolute Gasteiger partial charge is 0.489 e. The van der Waals surface area contributed by atoms with Crippen LogP contribution in [0.15, 0.2) is 34.8 Å². The molecule has 76 valence electrons.